The summed E-state index contributed by atoms with van der Waals surface area (Å²) < 4.78 is 32.5. The van der Waals surface area contributed by atoms with Crippen molar-refractivity contribution in [1.29, 1.82) is 0 Å². The molecule has 1 aromatic carbocycles. The van der Waals surface area contributed by atoms with Crippen LogP contribution in [-0.4, -0.2) is 28.6 Å². The zero-order chi connectivity index (χ0) is 20.2. The fourth-order valence-corrected chi connectivity index (χ4v) is 5.74. The highest BCUT2D eigenvalue weighted by Gasteiger charge is 2.38. The number of allylic oxidation sites excluding steroid dienone is 1. The topological polar surface area (TPSA) is 43.4 Å². The third-order valence-corrected chi connectivity index (χ3v) is 12.0. The molecular formula is C21H36O3SSi. The third-order valence-electron chi connectivity index (χ3n) is 5.29. The molecule has 0 aliphatic rings. The van der Waals surface area contributed by atoms with Crippen LogP contribution in [0.15, 0.2) is 47.4 Å². The average Bonchev–Trinajstić information content (AvgIpc) is 2.51. The van der Waals surface area contributed by atoms with Crippen molar-refractivity contribution < 1.29 is 12.8 Å². The van der Waals surface area contributed by atoms with Crippen LogP contribution in [0.4, 0.5) is 0 Å². The SMILES string of the molecule is C=C(C)CC(C[C@H](C)CO[Si](C)(C)C(C)(C)C)S(=O)(=O)c1ccccc1. The van der Waals surface area contributed by atoms with Crippen LogP contribution in [0.25, 0.3) is 0 Å². The number of hydrogen-bond donors (Lipinski definition) is 0. The van der Waals surface area contributed by atoms with Crippen LogP contribution in [0.3, 0.4) is 0 Å². The van der Waals surface area contributed by atoms with Crippen molar-refractivity contribution in [3.63, 3.8) is 0 Å². The van der Waals surface area contributed by atoms with Crippen LogP contribution in [0.5, 0.6) is 0 Å². The summed E-state index contributed by atoms with van der Waals surface area (Å²) in [5.74, 6) is 0.173. The molecular weight excluding hydrogens is 360 g/mol. The van der Waals surface area contributed by atoms with E-state index in [9.17, 15) is 8.42 Å². The van der Waals surface area contributed by atoms with Crippen LogP contribution in [0.2, 0.25) is 18.1 Å². The molecule has 5 heteroatoms. The molecule has 3 nitrogen and oxygen atoms in total. The summed E-state index contributed by atoms with van der Waals surface area (Å²) in [6.07, 6.45) is 1.07. The summed E-state index contributed by atoms with van der Waals surface area (Å²) in [6.45, 7) is 19.6. The van der Waals surface area contributed by atoms with Crippen molar-refractivity contribution in [2.45, 2.75) is 75.7 Å². The summed E-state index contributed by atoms with van der Waals surface area (Å²) >= 11 is 0. The Kier molecular flexibility index (Phi) is 7.87. The van der Waals surface area contributed by atoms with E-state index >= 15 is 0 Å². The Hall–Kier alpha value is -0.913. The van der Waals surface area contributed by atoms with E-state index in [1.165, 1.54) is 0 Å². The van der Waals surface area contributed by atoms with Gasteiger partial charge in [-0.1, -0.05) is 51.5 Å². The molecule has 1 rings (SSSR count). The molecule has 26 heavy (non-hydrogen) atoms. The van der Waals surface area contributed by atoms with Crippen molar-refractivity contribution in [2.75, 3.05) is 6.61 Å². The van der Waals surface area contributed by atoms with Gasteiger partial charge in [-0.25, -0.2) is 8.42 Å². The Balaban J connectivity index is 2.90. The largest absolute Gasteiger partial charge is 0.417 e. The minimum Gasteiger partial charge on any atom is -0.417 e. The molecule has 1 aromatic rings. The molecule has 0 N–H and O–H groups in total. The molecule has 0 radical (unpaired) electrons. The van der Waals surface area contributed by atoms with Gasteiger partial charge in [0, 0.05) is 6.61 Å². The van der Waals surface area contributed by atoms with Gasteiger partial charge in [0.05, 0.1) is 10.1 Å². The first-order chi connectivity index (χ1) is 11.8. The van der Waals surface area contributed by atoms with Crippen LogP contribution < -0.4 is 0 Å². The Bertz CT molecular complexity index is 688. The van der Waals surface area contributed by atoms with Gasteiger partial charge in [-0.3, -0.25) is 0 Å². The molecule has 0 amide bonds. The van der Waals surface area contributed by atoms with E-state index in [4.69, 9.17) is 4.43 Å². The van der Waals surface area contributed by atoms with E-state index in [2.05, 4.69) is 47.4 Å². The predicted octanol–water partition coefficient (Wildman–Crippen LogP) is 5.84. The maximum absolute atomic E-state index is 13.1. The van der Waals surface area contributed by atoms with Crippen molar-refractivity contribution in [3.8, 4) is 0 Å². The van der Waals surface area contributed by atoms with E-state index < -0.39 is 23.4 Å². The number of rotatable bonds is 9. The zero-order valence-electron chi connectivity index (χ0n) is 17.5. The summed E-state index contributed by atoms with van der Waals surface area (Å²) in [4.78, 5) is 0.392. The van der Waals surface area contributed by atoms with E-state index in [1.807, 2.05) is 13.0 Å². The molecule has 2 atom stereocenters. The number of sulfone groups is 1. The second-order valence-corrected chi connectivity index (χ2v) is 16.1. The first-order valence-corrected chi connectivity index (χ1v) is 13.8. The van der Waals surface area contributed by atoms with Gasteiger partial charge in [-0.2, -0.15) is 0 Å². The quantitative estimate of drug-likeness (QED) is 0.389. The fourth-order valence-electron chi connectivity index (χ4n) is 2.59. The van der Waals surface area contributed by atoms with Crippen LogP contribution >= 0.6 is 0 Å². The Labute approximate surface area is 161 Å². The molecule has 0 saturated heterocycles. The van der Waals surface area contributed by atoms with E-state index in [0.29, 0.717) is 24.3 Å². The van der Waals surface area contributed by atoms with Crippen LogP contribution in [0.1, 0.15) is 47.5 Å². The Morgan fingerprint density at radius 2 is 1.73 bits per heavy atom. The summed E-state index contributed by atoms with van der Waals surface area (Å²) in [7, 11) is -5.21. The molecule has 0 aliphatic carbocycles. The normalized spacial score (nSPS) is 15.5. The number of hydrogen-bond acceptors (Lipinski definition) is 3. The fraction of sp³-hybridized carbons (Fsp3) is 0.619. The maximum atomic E-state index is 13.1. The highest BCUT2D eigenvalue weighted by molar-refractivity contribution is 7.92. The summed E-state index contributed by atoms with van der Waals surface area (Å²) in [6, 6.07) is 8.74. The Morgan fingerprint density at radius 3 is 2.19 bits per heavy atom. The highest BCUT2D eigenvalue weighted by Crippen LogP contribution is 2.37. The maximum Gasteiger partial charge on any atom is 0.191 e. The van der Waals surface area contributed by atoms with Crippen molar-refractivity contribution >= 4 is 18.2 Å². The minimum atomic E-state index is -3.38. The van der Waals surface area contributed by atoms with Gasteiger partial charge >= 0.3 is 0 Å². The first kappa shape index (κ1) is 23.1. The third kappa shape index (κ3) is 6.36. The lowest BCUT2D eigenvalue weighted by molar-refractivity contribution is 0.229. The van der Waals surface area contributed by atoms with Gasteiger partial charge in [-0.05, 0) is 55.9 Å². The van der Waals surface area contributed by atoms with Crippen LogP contribution in [0, 0.1) is 5.92 Å². The molecule has 0 heterocycles. The predicted molar refractivity (Wildman–Crippen MR) is 114 cm³/mol. The Morgan fingerprint density at radius 1 is 1.19 bits per heavy atom. The van der Waals surface area contributed by atoms with E-state index in [0.717, 1.165) is 5.57 Å². The van der Waals surface area contributed by atoms with Crippen molar-refractivity contribution in [2.24, 2.45) is 5.92 Å². The molecule has 0 bridgehead atoms. The first-order valence-electron chi connectivity index (χ1n) is 9.34. The van der Waals surface area contributed by atoms with Gasteiger partial charge in [0.15, 0.2) is 18.2 Å². The molecule has 0 saturated carbocycles. The van der Waals surface area contributed by atoms with E-state index in [1.54, 1.807) is 24.3 Å². The molecule has 1 unspecified atom stereocenters. The van der Waals surface area contributed by atoms with Crippen molar-refractivity contribution in [1.82, 2.24) is 0 Å². The van der Waals surface area contributed by atoms with E-state index in [-0.39, 0.29) is 11.0 Å². The summed E-state index contributed by atoms with van der Waals surface area (Å²) in [5, 5.41) is -0.305. The van der Waals surface area contributed by atoms with Crippen LogP contribution in [-0.2, 0) is 14.3 Å². The lowest BCUT2D eigenvalue weighted by Gasteiger charge is -2.37. The van der Waals surface area contributed by atoms with Gasteiger partial charge in [0.1, 0.15) is 0 Å². The van der Waals surface area contributed by atoms with Gasteiger partial charge < -0.3 is 4.43 Å². The van der Waals surface area contributed by atoms with Gasteiger partial charge in [0.2, 0.25) is 0 Å². The minimum absolute atomic E-state index is 0.153. The zero-order valence-corrected chi connectivity index (χ0v) is 19.3. The monoisotopic (exact) mass is 396 g/mol. The summed E-state index contributed by atoms with van der Waals surface area (Å²) in [5.41, 5.74) is 0.895. The molecule has 0 fully saturated rings. The smallest absolute Gasteiger partial charge is 0.191 e. The number of benzene rings is 1. The van der Waals surface area contributed by atoms with Crippen molar-refractivity contribution in [3.05, 3.63) is 42.5 Å². The standard InChI is InChI=1S/C21H36O3SSi/c1-17(2)14-20(25(22,23)19-12-10-9-11-13-19)15-18(3)16-24-26(7,8)21(4,5)6/h9-13,18,20H,1,14-16H2,2-8H3/t18-,20?/m0/s1. The molecule has 0 aromatic heterocycles. The highest BCUT2D eigenvalue weighted by atomic mass is 32.2. The van der Waals surface area contributed by atoms with Gasteiger partial charge in [0.25, 0.3) is 0 Å². The lowest BCUT2D eigenvalue weighted by Crippen LogP contribution is -2.42. The molecule has 0 spiro atoms. The second-order valence-electron chi connectivity index (χ2n) is 9.05. The molecule has 0 aliphatic heterocycles. The second kappa shape index (κ2) is 8.85. The average molecular weight is 397 g/mol. The molecule has 148 valence electrons. The van der Waals surface area contributed by atoms with Gasteiger partial charge in [-0.15, -0.1) is 6.58 Å². The lowest BCUT2D eigenvalue weighted by atomic mass is 10.0.